The zero-order chi connectivity index (χ0) is 21.2. The van der Waals surface area contributed by atoms with Crippen LogP contribution in [0.2, 0.25) is 0 Å². The van der Waals surface area contributed by atoms with Crippen LogP contribution in [0.5, 0.6) is 5.75 Å². The number of amides is 3. The number of nitrogens with one attached hydrogen (secondary N) is 2. The normalized spacial score (nSPS) is 16.7. The number of methoxy groups -OCH3 is 1. The van der Waals surface area contributed by atoms with Gasteiger partial charge in [-0.05, 0) is 42.5 Å². The molecule has 2 aromatic carbocycles. The van der Waals surface area contributed by atoms with Crippen molar-refractivity contribution in [1.29, 1.82) is 0 Å². The first-order chi connectivity index (χ1) is 13.7. The van der Waals surface area contributed by atoms with Gasteiger partial charge in [0.25, 0.3) is 0 Å². The Morgan fingerprint density at radius 2 is 1.86 bits per heavy atom. The molecule has 10 heteroatoms. The number of nitrogens with zero attached hydrogens (tertiary/aromatic N) is 1. The molecule has 1 aliphatic rings. The van der Waals surface area contributed by atoms with Crippen LogP contribution >= 0.6 is 0 Å². The number of benzene rings is 2. The zero-order valence-electron chi connectivity index (χ0n) is 15.2. The topological polar surface area (TPSA) is 70.7 Å². The van der Waals surface area contributed by atoms with E-state index in [-0.39, 0.29) is 24.6 Å². The van der Waals surface area contributed by atoms with E-state index >= 15 is 0 Å². The van der Waals surface area contributed by atoms with Crippen LogP contribution in [0, 0.1) is 5.82 Å². The zero-order valence-corrected chi connectivity index (χ0v) is 15.2. The van der Waals surface area contributed by atoms with E-state index in [1.165, 1.54) is 12.0 Å². The summed E-state index contributed by atoms with van der Waals surface area (Å²) in [6.07, 6.45) is -4.84. The van der Waals surface area contributed by atoms with Crippen LogP contribution in [-0.2, 0) is 11.0 Å². The molecule has 0 spiro atoms. The van der Waals surface area contributed by atoms with Gasteiger partial charge in [0.15, 0.2) is 0 Å². The van der Waals surface area contributed by atoms with Gasteiger partial charge in [0, 0.05) is 24.3 Å². The van der Waals surface area contributed by atoms with Gasteiger partial charge in [-0.25, -0.2) is 9.18 Å². The molecular formula is C19H17F4N3O3. The second kappa shape index (κ2) is 7.98. The standard InChI is InChI=1S/C19H17F4N3O3/c1-29-14-5-3-13(4-6-14)26-10-12(9-17(26)27)25-18(28)24-11-2-7-16(20)15(8-11)19(21,22)23/h2-8,12H,9-10H2,1H3,(H2,24,25,28). The van der Waals surface area contributed by atoms with Crippen molar-refractivity contribution in [3.05, 3.63) is 53.8 Å². The molecule has 1 saturated heterocycles. The Kier molecular flexibility index (Phi) is 5.62. The fourth-order valence-electron chi connectivity index (χ4n) is 2.99. The molecule has 0 aromatic heterocycles. The second-order valence-electron chi connectivity index (χ2n) is 6.39. The predicted octanol–water partition coefficient (Wildman–Crippen LogP) is 3.78. The molecule has 6 nitrogen and oxygen atoms in total. The molecule has 0 radical (unpaired) electrons. The minimum Gasteiger partial charge on any atom is -0.497 e. The maximum Gasteiger partial charge on any atom is 0.419 e. The van der Waals surface area contributed by atoms with Crippen molar-refractivity contribution in [3.63, 3.8) is 0 Å². The number of anilines is 2. The molecule has 1 unspecified atom stereocenters. The molecule has 3 rings (SSSR count). The van der Waals surface area contributed by atoms with Gasteiger partial charge in [-0.1, -0.05) is 0 Å². The van der Waals surface area contributed by atoms with Crippen molar-refractivity contribution in [3.8, 4) is 5.75 Å². The van der Waals surface area contributed by atoms with Crippen LogP contribution in [0.25, 0.3) is 0 Å². The average Bonchev–Trinajstić information content (AvgIpc) is 3.02. The van der Waals surface area contributed by atoms with Crippen molar-refractivity contribution in [2.45, 2.75) is 18.6 Å². The van der Waals surface area contributed by atoms with Gasteiger partial charge in [-0.2, -0.15) is 13.2 Å². The summed E-state index contributed by atoms with van der Waals surface area (Å²) < 4.78 is 56.7. The Morgan fingerprint density at radius 3 is 2.48 bits per heavy atom. The van der Waals surface area contributed by atoms with E-state index < -0.39 is 29.6 Å². The van der Waals surface area contributed by atoms with Crippen LogP contribution in [0.3, 0.4) is 0 Å². The van der Waals surface area contributed by atoms with Crippen molar-refractivity contribution < 1.29 is 31.9 Å². The highest BCUT2D eigenvalue weighted by molar-refractivity contribution is 5.97. The Labute approximate surface area is 163 Å². The van der Waals surface area contributed by atoms with Crippen LogP contribution in [-0.4, -0.2) is 31.6 Å². The first-order valence-corrected chi connectivity index (χ1v) is 8.56. The number of ether oxygens (including phenoxy) is 1. The molecule has 3 amide bonds. The number of hydrogen-bond donors (Lipinski definition) is 2. The van der Waals surface area contributed by atoms with E-state index in [0.29, 0.717) is 23.6 Å². The molecule has 154 valence electrons. The van der Waals surface area contributed by atoms with Crippen LogP contribution in [0.15, 0.2) is 42.5 Å². The molecular weight excluding hydrogens is 394 g/mol. The number of hydrogen-bond acceptors (Lipinski definition) is 3. The summed E-state index contributed by atoms with van der Waals surface area (Å²) in [5, 5.41) is 4.77. The van der Waals surface area contributed by atoms with Gasteiger partial charge in [-0.15, -0.1) is 0 Å². The Hall–Kier alpha value is -3.30. The third kappa shape index (κ3) is 4.76. The lowest BCUT2D eigenvalue weighted by atomic mass is 10.2. The number of urea groups is 1. The summed E-state index contributed by atoms with van der Waals surface area (Å²) in [7, 11) is 1.52. The van der Waals surface area contributed by atoms with E-state index in [2.05, 4.69) is 10.6 Å². The third-order valence-electron chi connectivity index (χ3n) is 4.37. The molecule has 0 bridgehead atoms. The van der Waals surface area contributed by atoms with Crippen LogP contribution in [0.4, 0.5) is 33.7 Å². The van der Waals surface area contributed by atoms with Crippen molar-refractivity contribution in [1.82, 2.24) is 5.32 Å². The largest absolute Gasteiger partial charge is 0.497 e. The maximum atomic E-state index is 13.3. The predicted molar refractivity (Wildman–Crippen MR) is 97.3 cm³/mol. The maximum absolute atomic E-state index is 13.3. The van der Waals surface area contributed by atoms with Crippen molar-refractivity contribution in [2.75, 3.05) is 23.9 Å². The molecule has 1 fully saturated rings. The summed E-state index contributed by atoms with van der Waals surface area (Å²) in [5.41, 5.74) is -1.06. The minimum atomic E-state index is -4.88. The van der Waals surface area contributed by atoms with Crippen molar-refractivity contribution >= 4 is 23.3 Å². The molecule has 0 saturated carbocycles. The SMILES string of the molecule is COc1ccc(N2CC(NC(=O)Nc3ccc(F)c(C(F)(F)F)c3)CC2=O)cc1. The van der Waals surface area contributed by atoms with Gasteiger partial charge in [0.05, 0.1) is 18.7 Å². The molecule has 2 N–H and O–H groups in total. The first kappa shape index (κ1) is 20.4. The quantitative estimate of drug-likeness (QED) is 0.753. The molecule has 2 aromatic rings. The van der Waals surface area contributed by atoms with Crippen LogP contribution < -0.4 is 20.3 Å². The van der Waals surface area contributed by atoms with Gasteiger partial charge < -0.3 is 20.3 Å². The van der Waals surface area contributed by atoms with E-state index in [9.17, 15) is 27.2 Å². The smallest absolute Gasteiger partial charge is 0.419 e. The molecule has 1 heterocycles. The summed E-state index contributed by atoms with van der Waals surface area (Å²) in [4.78, 5) is 25.8. The van der Waals surface area contributed by atoms with Crippen molar-refractivity contribution in [2.24, 2.45) is 0 Å². The van der Waals surface area contributed by atoms with E-state index in [1.807, 2.05) is 0 Å². The highest BCUT2D eigenvalue weighted by atomic mass is 19.4. The number of carbonyl (C=O) groups excluding carboxylic acids is 2. The van der Waals surface area contributed by atoms with Crippen LogP contribution in [0.1, 0.15) is 12.0 Å². The highest BCUT2D eigenvalue weighted by Crippen LogP contribution is 2.33. The summed E-state index contributed by atoms with van der Waals surface area (Å²) in [5.74, 6) is -1.01. The molecule has 0 aliphatic carbocycles. The Morgan fingerprint density at radius 1 is 1.17 bits per heavy atom. The van der Waals surface area contributed by atoms with Gasteiger partial charge >= 0.3 is 12.2 Å². The monoisotopic (exact) mass is 411 g/mol. The minimum absolute atomic E-state index is 0.0384. The average molecular weight is 411 g/mol. The molecule has 1 atom stereocenters. The highest BCUT2D eigenvalue weighted by Gasteiger charge is 2.35. The lowest BCUT2D eigenvalue weighted by molar-refractivity contribution is -0.140. The Balaban J connectivity index is 1.62. The fourth-order valence-corrected chi connectivity index (χ4v) is 2.99. The first-order valence-electron chi connectivity index (χ1n) is 8.56. The Bertz CT molecular complexity index is 916. The fraction of sp³-hybridized carbons (Fsp3) is 0.263. The summed E-state index contributed by atoms with van der Waals surface area (Å²) >= 11 is 0. The third-order valence-corrected chi connectivity index (χ3v) is 4.37. The summed E-state index contributed by atoms with van der Waals surface area (Å²) in [6, 6.07) is 7.64. The lowest BCUT2D eigenvalue weighted by Gasteiger charge is -2.18. The van der Waals surface area contributed by atoms with E-state index in [4.69, 9.17) is 4.74 Å². The lowest BCUT2D eigenvalue weighted by Crippen LogP contribution is -2.39. The van der Waals surface area contributed by atoms with Gasteiger partial charge in [0.1, 0.15) is 11.6 Å². The molecule has 1 aliphatic heterocycles. The second-order valence-corrected chi connectivity index (χ2v) is 6.39. The number of halogens is 4. The number of rotatable bonds is 4. The van der Waals surface area contributed by atoms with Gasteiger partial charge in [0.2, 0.25) is 5.91 Å². The van der Waals surface area contributed by atoms with E-state index in [1.54, 1.807) is 24.3 Å². The number of alkyl halides is 3. The molecule has 29 heavy (non-hydrogen) atoms. The van der Waals surface area contributed by atoms with Gasteiger partial charge in [-0.3, -0.25) is 4.79 Å². The number of carbonyl (C=O) groups is 2. The van der Waals surface area contributed by atoms with E-state index in [0.717, 1.165) is 6.07 Å². The summed E-state index contributed by atoms with van der Waals surface area (Å²) in [6.45, 7) is 0.204.